The molecular formula is C5H4ClNO2. The number of rotatable bonds is 1. The molecule has 0 atom stereocenters. The molecule has 0 unspecified atom stereocenters. The Morgan fingerprint density at radius 1 is 1.78 bits per heavy atom. The maximum Gasteiger partial charge on any atom is 0.347 e. The first-order valence-electron chi connectivity index (χ1n) is 2.09. The van der Waals surface area contributed by atoms with Crippen LogP contribution in [0.15, 0.2) is 10.6 Å². The molecule has 0 saturated heterocycles. The molecule has 0 bridgehead atoms. The minimum atomic E-state index is -1.29. The van der Waals surface area contributed by atoms with Gasteiger partial charge in [-0.1, -0.05) is 11.6 Å². The molecule has 0 amide bonds. The molecule has 0 aliphatic carbocycles. The van der Waals surface area contributed by atoms with Crippen LogP contribution in [-0.4, -0.2) is 11.1 Å². The largest absolute Gasteiger partial charge is 0.477 e. The Bertz CT molecular complexity index is 197. The minimum Gasteiger partial charge on any atom is -0.477 e. The van der Waals surface area contributed by atoms with Crippen LogP contribution in [0.3, 0.4) is 0 Å². The van der Waals surface area contributed by atoms with E-state index in [1.54, 1.807) is 0 Å². The molecule has 0 saturated carbocycles. The van der Waals surface area contributed by atoms with Gasteiger partial charge in [0, 0.05) is 5.03 Å². The summed E-state index contributed by atoms with van der Waals surface area (Å²) in [6.07, 6.45) is 0. The van der Waals surface area contributed by atoms with Crippen LogP contribution >= 0.6 is 11.6 Å². The molecule has 0 aliphatic heterocycles. The molecule has 9 heavy (non-hydrogen) atoms. The minimum absolute atomic E-state index is 0.00463. The van der Waals surface area contributed by atoms with Crippen LogP contribution in [0, 0.1) is 11.3 Å². The fourth-order valence-electron chi connectivity index (χ4n) is 0.272. The first-order chi connectivity index (χ1) is 4.09. The summed E-state index contributed by atoms with van der Waals surface area (Å²) in [7, 11) is 0. The fourth-order valence-corrected chi connectivity index (χ4v) is 0.395. The standard InChI is InChI=1S/C5H4ClNO2/c1-3(6)4(2-7)5(8)9/h1H3,(H,8,9)/b4-3-. The third-order valence-electron chi connectivity index (χ3n) is 0.670. The van der Waals surface area contributed by atoms with Gasteiger partial charge in [0.1, 0.15) is 6.07 Å². The number of carboxylic acid groups (broad SMARTS) is 1. The lowest BCUT2D eigenvalue weighted by molar-refractivity contribution is -0.132. The number of allylic oxidation sites excluding steroid dienone is 1. The summed E-state index contributed by atoms with van der Waals surface area (Å²) >= 11 is 5.22. The van der Waals surface area contributed by atoms with Gasteiger partial charge in [-0.3, -0.25) is 0 Å². The summed E-state index contributed by atoms with van der Waals surface area (Å²) in [6, 6.07) is 1.45. The molecular weight excluding hydrogens is 142 g/mol. The number of aliphatic carboxylic acids is 1. The van der Waals surface area contributed by atoms with Crippen LogP contribution in [0.5, 0.6) is 0 Å². The number of nitrogens with zero attached hydrogens (tertiary/aromatic N) is 1. The Morgan fingerprint density at radius 3 is 2.22 bits per heavy atom. The van der Waals surface area contributed by atoms with E-state index in [0.717, 1.165) is 0 Å². The van der Waals surface area contributed by atoms with Crippen LogP contribution in [0.4, 0.5) is 0 Å². The van der Waals surface area contributed by atoms with Crippen LogP contribution < -0.4 is 0 Å². The molecule has 0 aromatic heterocycles. The average molecular weight is 146 g/mol. The van der Waals surface area contributed by atoms with E-state index in [1.807, 2.05) is 0 Å². The van der Waals surface area contributed by atoms with Gasteiger partial charge in [0.15, 0.2) is 5.57 Å². The Kier molecular flexibility index (Phi) is 2.75. The average Bonchev–Trinajstić information content (AvgIpc) is 1.64. The van der Waals surface area contributed by atoms with Crippen molar-refractivity contribution in [1.82, 2.24) is 0 Å². The SMILES string of the molecule is C/C(Cl)=C(\C#N)C(=O)O. The third-order valence-corrected chi connectivity index (χ3v) is 0.859. The Balaban J connectivity index is 4.62. The highest BCUT2D eigenvalue weighted by Gasteiger charge is 2.07. The molecule has 0 heterocycles. The van der Waals surface area contributed by atoms with Crippen molar-refractivity contribution in [2.75, 3.05) is 0 Å². The van der Waals surface area contributed by atoms with E-state index >= 15 is 0 Å². The van der Waals surface area contributed by atoms with Crippen LogP contribution in [0.2, 0.25) is 0 Å². The smallest absolute Gasteiger partial charge is 0.347 e. The zero-order valence-corrected chi connectivity index (χ0v) is 5.44. The summed E-state index contributed by atoms with van der Waals surface area (Å²) in [5.41, 5.74) is -0.406. The van der Waals surface area contributed by atoms with Crippen molar-refractivity contribution in [1.29, 1.82) is 5.26 Å². The van der Waals surface area contributed by atoms with Crippen molar-refractivity contribution in [2.24, 2.45) is 0 Å². The normalized spacial score (nSPS) is 11.7. The molecule has 4 heteroatoms. The predicted molar refractivity (Wildman–Crippen MR) is 31.8 cm³/mol. The summed E-state index contributed by atoms with van der Waals surface area (Å²) < 4.78 is 0. The quantitative estimate of drug-likeness (QED) is 0.444. The van der Waals surface area contributed by atoms with Gasteiger partial charge < -0.3 is 5.11 Å². The van der Waals surface area contributed by atoms with E-state index in [-0.39, 0.29) is 5.03 Å². The third kappa shape index (κ3) is 2.15. The Labute approximate surface area is 57.2 Å². The van der Waals surface area contributed by atoms with Crippen molar-refractivity contribution in [3.63, 3.8) is 0 Å². The summed E-state index contributed by atoms with van der Waals surface area (Å²) in [5, 5.41) is 16.3. The molecule has 0 rings (SSSR count). The van der Waals surface area contributed by atoms with Crippen molar-refractivity contribution in [2.45, 2.75) is 6.92 Å². The molecule has 1 N–H and O–H groups in total. The topological polar surface area (TPSA) is 61.1 Å². The number of nitriles is 1. The Hall–Kier alpha value is -1.01. The van der Waals surface area contributed by atoms with Crippen molar-refractivity contribution in [3.8, 4) is 6.07 Å². The van der Waals surface area contributed by atoms with Gasteiger partial charge in [-0.15, -0.1) is 0 Å². The second-order valence-electron chi connectivity index (χ2n) is 1.33. The lowest BCUT2D eigenvalue weighted by Crippen LogP contribution is -1.98. The highest BCUT2D eigenvalue weighted by Crippen LogP contribution is 2.06. The zero-order chi connectivity index (χ0) is 7.44. The van der Waals surface area contributed by atoms with Gasteiger partial charge in [-0.2, -0.15) is 5.26 Å². The van der Waals surface area contributed by atoms with Crippen molar-refractivity contribution >= 4 is 17.6 Å². The second-order valence-corrected chi connectivity index (χ2v) is 1.89. The molecule has 3 nitrogen and oxygen atoms in total. The summed E-state index contributed by atoms with van der Waals surface area (Å²) in [5.74, 6) is -1.29. The van der Waals surface area contributed by atoms with Gasteiger partial charge in [0.05, 0.1) is 0 Å². The lowest BCUT2D eigenvalue weighted by atomic mass is 10.3. The summed E-state index contributed by atoms with van der Waals surface area (Å²) in [4.78, 5) is 10.0. The predicted octanol–water partition coefficient (Wildman–Crippen LogP) is 1.11. The number of hydrogen-bond donors (Lipinski definition) is 1. The van der Waals surface area contributed by atoms with Crippen molar-refractivity contribution in [3.05, 3.63) is 10.6 Å². The van der Waals surface area contributed by atoms with Gasteiger partial charge in [0.25, 0.3) is 0 Å². The van der Waals surface area contributed by atoms with E-state index in [0.29, 0.717) is 0 Å². The van der Waals surface area contributed by atoms with Gasteiger partial charge in [0.2, 0.25) is 0 Å². The highest BCUT2D eigenvalue weighted by atomic mass is 35.5. The zero-order valence-electron chi connectivity index (χ0n) is 4.68. The van der Waals surface area contributed by atoms with Crippen molar-refractivity contribution < 1.29 is 9.90 Å². The van der Waals surface area contributed by atoms with Gasteiger partial charge in [-0.25, -0.2) is 4.79 Å². The van der Waals surface area contributed by atoms with E-state index in [9.17, 15) is 4.79 Å². The molecule has 0 spiro atoms. The van der Waals surface area contributed by atoms with E-state index < -0.39 is 11.5 Å². The van der Waals surface area contributed by atoms with E-state index in [1.165, 1.54) is 13.0 Å². The molecule has 48 valence electrons. The Morgan fingerprint density at radius 2 is 2.22 bits per heavy atom. The number of carboxylic acids is 1. The lowest BCUT2D eigenvalue weighted by Gasteiger charge is -1.87. The molecule has 0 aromatic rings. The molecule has 0 fully saturated rings. The number of carbonyl (C=O) groups is 1. The maximum absolute atomic E-state index is 10.0. The maximum atomic E-state index is 10.0. The first-order valence-corrected chi connectivity index (χ1v) is 2.47. The van der Waals surface area contributed by atoms with Gasteiger partial charge >= 0.3 is 5.97 Å². The fraction of sp³-hybridized carbons (Fsp3) is 0.200. The van der Waals surface area contributed by atoms with Crippen LogP contribution in [0.25, 0.3) is 0 Å². The number of halogens is 1. The van der Waals surface area contributed by atoms with Gasteiger partial charge in [-0.05, 0) is 6.92 Å². The molecule has 0 aliphatic rings. The second kappa shape index (κ2) is 3.10. The molecule has 0 radical (unpaired) electrons. The monoisotopic (exact) mass is 145 g/mol. The summed E-state index contributed by atoms with van der Waals surface area (Å²) in [6.45, 7) is 1.36. The van der Waals surface area contributed by atoms with E-state index in [4.69, 9.17) is 22.0 Å². The first kappa shape index (κ1) is 7.99. The number of hydrogen-bond acceptors (Lipinski definition) is 2. The van der Waals surface area contributed by atoms with E-state index in [2.05, 4.69) is 0 Å². The highest BCUT2D eigenvalue weighted by molar-refractivity contribution is 6.31. The van der Waals surface area contributed by atoms with Crippen LogP contribution in [-0.2, 0) is 4.79 Å². The van der Waals surface area contributed by atoms with Crippen LogP contribution in [0.1, 0.15) is 6.92 Å². The molecule has 0 aromatic carbocycles.